The van der Waals surface area contributed by atoms with E-state index in [0.29, 0.717) is 5.91 Å². The molecule has 1 atom stereocenters. The second-order valence-electron chi connectivity index (χ2n) is 6.08. The average Bonchev–Trinajstić information content (AvgIpc) is 2.93. The van der Waals surface area contributed by atoms with Crippen molar-refractivity contribution in [2.24, 2.45) is 5.92 Å². The smallest absolute Gasteiger partial charge is 0.227 e. The molecule has 1 aromatic rings. The summed E-state index contributed by atoms with van der Waals surface area (Å²) >= 11 is 0. The first-order valence-electron chi connectivity index (χ1n) is 7.86. The van der Waals surface area contributed by atoms with Crippen LogP contribution >= 0.6 is 24.8 Å². The molecule has 2 aliphatic heterocycles. The van der Waals surface area contributed by atoms with E-state index in [4.69, 9.17) is 4.52 Å². The van der Waals surface area contributed by atoms with Gasteiger partial charge in [-0.15, -0.1) is 24.8 Å². The Morgan fingerprint density at radius 3 is 2.65 bits per heavy atom. The molecule has 0 bridgehead atoms. The Hall–Kier alpha value is -0.820. The van der Waals surface area contributed by atoms with Crippen molar-refractivity contribution < 1.29 is 9.32 Å². The van der Waals surface area contributed by atoms with Crippen LogP contribution in [0.4, 0.5) is 0 Å². The molecule has 8 heteroatoms. The fourth-order valence-electron chi connectivity index (χ4n) is 3.16. The van der Waals surface area contributed by atoms with Gasteiger partial charge in [0.15, 0.2) is 5.76 Å². The summed E-state index contributed by atoms with van der Waals surface area (Å²) in [5.74, 6) is 1.42. The highest BCUT2D eigenvalue weighted by molar-refractivity contribution is 5.85. The lowest BCUT2D eigenvalue weighted by Crippen LogP contribution is -2.51. The van der Waals surface area contributed by atoms with Crippen LogP contribution in [-0.4, -0.2) is 60.1 Å². The molecule has 3 heterocycles. The van der Waals surface area contributed by atoms with Gasteiger partial charge in [0.2, 0.25) is 5.91 Å². The Morgan fingerprint density at radius 2 is 2.09 bits per heavy atom. The van der Waals surface area contributed by atoms with Crippen LogP contribution in [0, 0.1) is 12.8 Å². The fraction of sp³-hybridized carbons (Fsp3) is 0.733. The summed E-state index contributed by atoms with van der Waals surface area (Å²) < 4.78 is 5.26. The van der Waals surface area contributed by atoms with E-state index in [-0.39, 0.29) is 30.7 Å². The van der Waals surface area contributed by atoms with Crippen molar-refractivity contribution in [2.75, 3.05) is 39.3 Å². The Labute approximate surface area is 149 Å². The van der Waals surface area contributed by atoms with Crippen molar-refractivity contribution in [3.8, 4) is 0 Å². The number of rotatable bonds is 3. The number of amides is 1. The van der Waals surface area contributed by atoms with Crippen LogP contribution in [-0.2, 0) is 11.3 Å². The predicted octanol–water partition coefficient (Wildman–Crippen LogP) is 1.47. The summed E-state index contributed by atoms with van der Waals surface area (Å²) in [6.45, 7) is 8.07. The molecule has 1 aromatic heterocycles. The van der Waals surface area contributed by atoms with Gasteiger partial charge in [-0.3, -0.25) is 9.69 Å². The van der Waals surface area contributed by atoms with Crippen molar-refractivity contribution >= 4 is 30.7 Å². The van der Waals surface area contributed by atoms with E-state index in [0.717, 1.165) is 70.1 Å². The minimum absolute atomic E-state index is 0. The first kappa shape index (κ1) is 20.2. The second-order valence-corrected chi connectivity index (χ2v) is 6.08. The number of aryl methyl sites for hydroxylation is 1. The number of piperazine rings is 1. The van der Waals surface area contributed by atoms with E-state index in [1.165, 1.54) is 0 Å². The van der Waals surface area contributed by atoms with Gasteiger partial charge in [-0.1, -0.05) is 5.16 Å². The summed E-state index contributed by atoms with van der Waals surface area (Å²) in [5, 5.41) is 7.23. The predicted molar refractivity (Wildman–Crippen MR) is 93.2 cm³/mol. The van der Waals surface area contributed by atoms with Gasteiger partial charge in [0, 0.05) is 38.8 Å². The van der Waals surface area contributed by atoms with Crippen LogP contribution in [0.2, 0.25) is 0 Å². The van der Waals surface area contributed by atoms with E-state index < -0.39 is 0 Å². The molecular formula is C15H26Cl2N4O2. The molecule has 6 nitrogen and oxygen atoms in total. The minimum atomic E-state index is 0. The molecule has 1 N–H and O–H groups in total. The fourth-order valence-corrected chi connectivity index (χ4v) is 3.16. The minimum Gasteiger partial charge on any atom is -0.360 e. The van der Waals surface area contributed by atoms with Gasteiger partial charge in [0.05, 0.1) is 18.2 Å². The van der Waals surface area contributed by atoms with Gasteiger partial charge in [0.25, 0.3) is 0 Å². The highest BCUT2D eigenvalue weighted by Gasteiger charge is 2.28. The Kier molecular flexibility index (Phi) is 8.33. The summed E-state index contributed by atoms with van der Waals surface area (Å²) in [7, 11) is 0. The molecule has 0 radical (unpaired) electrons. The highest BCUT2D eigenvalue weighted by atomic mass is 35.5. The lowest BCUT2D eigenvalue weighted by molar-refractivity contribution is -0.137. The normalized spacial score (nSPS) is 22.1. The zero-order chi connectivity index (χ0) is 14.7. The molecule has 0 spiro atoms. The number of piperidine rings is 1. The molecule has 23 heavy (non-hydrogen) atoms. The van der Waals surface area contributed by atoms with Crippen molar-refractivity contribution in [3.05, 3.63) is 17.5 Å². The topological polar surface area (TPSA) is 61.6 Å². The third-order valence-corrected chi connectivity index (χ3v) is 4.39. The largest absolute Gasteiger partial charge is 0.360 e. The number of nitrogens with zero attached hydrogens (tertiary/aromatic N) is 3. The van der Waals surface area contributed by atoms with Gasteiger partial charge >= 0.3 is 0 Å². The van der Waals surface area contributed by atoms with E-state index >= 15 is 0 Å². The molecule has 2 fully saturated rings. The summed E-state index contributed by atoms with van der Waals surface area (Å²) in [5.41, 5.74) is 0.920. The molecule has 0 aliphatic carbocycles. The standard InChI is InChI=1S/C15H24N4O2.2ClH/c1-12-9-14(21-17-12)11-18-5-7-19(8-6-18)15(20)13-3-2-4-16-10-13;;/h9,13,16H,2-8,10-11H2,1H3;2*1H/t13-;;/m1../s1. The molecule has 3 rings (SSSR count). The number of carbonyl (C=O) groups excluding carboxylic acids is 1. The first-order chi connectivity index (χ1) is 10.2. The van der Waals surface area contributed by atoms with Crippen LogP contribution in [0.15, 0.2) is 10.6 Å². The van der Waals surface area contributed by atoms with Gasteiger partial charge in [-0.25, -0.2) is 0 Å². The number of hydrogen-bond acceptors (Lipinski definition) is 5. The SMILES string of the molecule is Cc1cc(CN2CCN(C(=O)[C@@H]3CCCNC3)CC2)on1.Cl.Cl. The Balaban J connectivity index is 0.00000132. The molecule has 0 unspecified atom stereocenters. The van der Waals surface area contributed by atoms with E-state index in [2.05, 4.69) is 15.4 Å². The Bertz CT molecular complexity index is 484. The monoisotopic (exact) mass is 364 g/mol. The maximum absolute atomic E-state index is 12.5. The highest BCUT2D eigenvalue weighted by Crippen LogP contribution is 2.16. The van der Waals surface area contributed by atoms with Crippen LogP contribution < -0.4 is 5.32 Å². The summed E-state index contributed by atoms with van der Waals surface area (Å²) in [4.78, 5) is 16.8. The molecule has 2 aliphatic rings. The summed E-state index contributed by atoms with van der Waals surface area (Å²) in [6.07, 6.45) is 2.14. The van der Waals surface area contributed by atoms with Crippen LogP contribution in [0.5, 0.6) is 0 Å². The van der Waals surface area contributed by atoms with E-state index in [9.17, 15) is 4.79 Å². The zero-order valence-electron chi connectivity index (χ0n) is 13.5. The third-order valence-electron chi connectivity index (χ3n) is 4.39. The summed E-state index contributed by atoms with van der Waals surface area (Å²) in [6, 6.07) is 1.98. The van der Waals surface area contributed by atoms with Crippen LogP contribution in [0.1, 0.15) is 24.3 Å². The van der Waals surface area contributed by atoms with Crippen molar-refractivity contribution in [2.45, 2.75) is 26.3 Å². The van der Waals surface area contributed by atoms with Crippen molar-refractivity contribution in [1.82, 2.24) is 20.3 Å². The zero-order valence-corrected chi connectivity index (χ0v) is 15.1. The maximum Gasteiger partial charge on any atom is 0.227 e. The van der Waals surface area contributed by atoms with Crippen LogP contribution in [0.25, 0.3) is 0 Å². The molecule has 0 saturated carbocycles. The van der Waals surface area contributed by atoms with E-state index in [1.807, 2.05) is 17.9 Å². The van der Waals surface area contributed by atoms with Crippen molar-refractivity contribution in [1.29, 1.82) is 0 Å². The lowest BCUT2D eigenvalue weighted by Gasteiger charge is -2.36. The van der Waals surface area contributed by atoms with Crippen molar-refractivity contribution in [3.63, 3.8) is 0 Å². The third kappa shape index (κ3) is 5.35. The number of hydrogen-bond donors (Lipinski definition) is 1. The van der Waals surface area contributed by atoms with Gasteiger partial charge in [-0.05, 0) is 26.3 Å². The second kappa shape index (κ2) is 9.47. The molecular weight excluding hydrogens is 339 g/mol. The van der Waals surface area contributed by atoms with Gasteiger partial charge in [-0.2, -0.15) is 0 Å². The maximum atomic E-state index is 12.5. The van der Waals surface area contributed by atoms with E-state index in [1.54, 1.807) is 0 Å². The molecule has 0 aromatic carbocycles. The lowest BCUT2D eigenvalue weighted by atomic mass is 9.98. The van der Waals surface area contributed by atoms with Crippen LogP contribution in [0.3, 0.4) is 0 Å². The number of halogens is 2. The average molecular weight is 365 g/mol. The Morgan fingerprint density at radius 1 is 1.35 bits per heavy atom. The number of aromatic nitrogens is 1. The molecule has 2 saturated heterocycles. The number of nitrogens with one attached hydrogen (secondary N) is 1. The molecule has 1 amide bonds. The first-order valence-corrected chi connectivity index (χ1v) is 7.86. The quantitative estimate of drug-likeness (QED) is 0.879. The van der Waals surface area contributed by atoms with Gasteiger partial charge < -0.3 is 14.7 Å². The molecule has 132 valence electrons. The number of carbonyl (C=O) groups is 1. The van der Waals surface area contributed by atoms with Gasteiger partial charge in [0.1, 0.15) is 0 Å².